The summed E-state index contributed by atoms with van der Waals surface area (Å²) < 4.78 is 10.2. The van der Waals surface area contributed by atoms with Crippen molar-refractivity contribution >= 4 is 0 Å². The van der Waals surface area contributed by atoms with Crippen LogP contribution in [0, 0.1) is 5.92 Å². The van der Waals surface area contributed by atoms with Gasteiger partial charge in [0.15, 0.2) is 12.6 Å². The lowest BCUT2D eigenvalue weighted by Crippen LogP contribution is -2.11. The third kappa shape index (κ3) is 0.852. The van der Waals surface area contributed by atoms with Crippen molar-refractivity contribution in [3.05, 3.63) is 0 Å². The van der Waals surface area contributed by atoms with E-state index in [1.807, 2.05) is 0 Å². The minimum atomic E-state index is -0.569. The maximum atomic E-state index is 8.93. The smallest absolute Gasteiger partial charge is 0.163 e. The zero-order valence-corrected chi connectivity index (χ0v) is 5.12. The van der Waals surface area contributed by atoms with E-state index in [4.69, 9.17) is 14.6 Å². The van der Waals surface area contributed by atoms with E-state index < -0.39 is 6.29 Å². The Balaban J connectivity index is 2.02. The molecule has 0 amide bonds. The SMILES string of the molecule is OC1C[C@@H]2CCO[C@@H]2O1. The van der Waals surface area contributed by atoms with Crippen LogP contribution in [-0.2, 0) is 9.47 Å². The van der Waals surface area contributed by atoms with Gasteiger partial charge in [0.25, 0.3) is 0 Å². The Bertz CT molecular complexity index is 103. The molecule has 0 aromatic heterocycles. The molecular weight excluding hydrogens is 120 g/mol. The van der Waals surface area contributed by atoms with Gasteiger partial charge in [0.05, 0.1) is 6.61 Å². The zero-order chi connectivity index (χ0) is 6.27. The van der Waals surface area contributed by atoms with Gasteiger partial charge in [0.1, 0.15) is 0 Å². The van der Waals surface area contributed by atoms with E-state index in [1.54, 1.807) is 0 Å². The molecule has 2 saturated heterocycles. The summed E-state index contributed by atoms with van der Waals surface area (Å²) >= 11 is 0. The zero-order valence-electron chi connectivity index (χ0n) is 5.12. The van der Waals surface area contributed by atoms with E-state index in [1.165, 1.54) is 0 Å². The van der Waals surface area contributed by atoms with E-state index in [0.29, 0.717) is 5.92 Å². The van der Waals surface area contributed by atoms with Crippen molar-refractivity contribution < 1.29 is 14.6 Å². The molecule has 0 saturated carbocycles. The number of aliphatic hydroxyl groups excluding tert-OH is 1. The summed E-state index contributed by atoms with van der Waals surface area (Å²) in [5.74, 6) is 0.458. The highest BCUT2D eigenvalue weighted by Crippen LogP contribution is 2.33. The number of fused-ring (bicyclic) bond motifs is 1. The van der Waals surface area contributed by atoms with E-state index in [2.05, 4.69) is 0 Å². The molecule has 2 aliphatic rings. The van der Waals surface area contributed by atoms with Crippen molar-refractivity contribution in [3.63, 3.8) is 0 Å². The summed E-state index contributed by atoms with van der Waals surface area (Å²) in [7, 11) is 0. The van der Waals surface area contributed by atoms with Gasteiger partial charge in [-0.3, -0.25) is 0 Å². The van der Waals surface area contributed by atoms with Gasteiger partial charge in [-0.1, -0.05) is 0 Å². The Morgan fingerprint density at radius 3 is 3.11 bits per heavy atom. The summed E-state index contributed by atoms with van der Waals surface area (Å²) in [6, 6.07) is 0. The molecule has 9 heavy (non-hydrogen) atoms. The Labute approximate surface area is 53.6 Å². The largest absolute Gasteiger partial charge is 0.368 e. The fourth-order valence-corrected chi connectivity index (χ4v) is 1.46. The molecule has 2 aliphatic heterocycles. The molecule has 0 aromatic rings. The predicted octanol–water partition coefficient (Wildman–Crippen LogP) is 0.0877. The lowest BCUT2D eigenvalue weighted by molar-refractivity contribution is -0.175. The molecule has 3 atom stereocenters. The van der Waals surface area contributed by atoms with E-state index in [9.17, 15) is 0 Å². The first kappa shape index (κ1) is 5.65. The first-order chi connectivity index (χ1) is 4.36. The van der Waals surface area contributed by atoms with Crippen molar-refractivity contribution in [1.82, 2.24) is 0 Å². The van der Waals surface area contributed by atoms with Crippen LogP contribution in [0.25, 0.3) is 0 Å². The van der Waals surface area contributed by atoms with Crippen LogP contribution in [0.1, 0.15) is 12.8 Å². The molecule has 0 spiro atoms. The molecule has 3 heteroatoms. The Morgan fingerprint density at radius 2 is 2.33 bits per heavy atom. The van der Waals surface area contributed by atoms with Crippen molar-refractivity contribution in [3.8, 4) is 0 Å². The van der Waals surface area contributed by atoms with Crippen molar-refractivity contribution in [2.45, 2.75) is 25.4 Å². The standard InChI is InChI=1S/C6H10O3/c7-5-3-4-1-2-8-6(4)9-5/h4-7H,1-3H2/t4-,5?,6+/m0/s1. The van der Waals surface area contributed by atoms with Crippen molar-refractivity contribution in [1.29, 1.82) is 0 Å². The Hall–Kier alpha value is -0.120. The summed E-state index contributed by atoms with van der Waals surface area (Å²) in [6.07, 6.45) is 1.13. The van der Waals surface area contributed by atoms with Crippen LogP contribution >= 0.6 is 0 Å². The van der Waals surface area contributed by atoms with Gasteiger partial charge in [-0.05, 0) is 6.42 Å². The monoisotopic (exact) mass is 130 g/mol. The summed E-state index contributed by atoms with van der Waals surface area (Å²) in [5.41, 5.74) is 0. The molecule has 2 fully saturated rings. The number of aliphatic hydroxyl groups is 1. The highest BCUT2D eigenvalue weighted by atomic mass is 16.7. The van der Waals surface area contributed by atoms with Crippen LogP contribution in [0.15, 0.2) is 0 Å². The fraction of sp³-hybridized carbons (Fsp3) is 1.00. The first-order valence-corrected chi connectivity index (χ1v) is 3.31. The van der Waals surface area contributed by atoms with E-state index in [0.717, 1.165) is 19.4 Å². The topological polar surface area (TPSA) is 38.7 Å². The molecule has 2 heterocycles. The second-order valence-electron chi connectivity index (χ2n) is 2.61. The summed E-state index contributed by atoms with van der Waals surface area (Å²) in [5, 5.41) is 8.93. The van der Waals surface area contributed by atoms with Crippen LogP contribution in [0.4, 0.5) is 0 Å². The molecule has 1 unspecified atom stereocenters. The van der Waals surface area contributed by atoms with Gasteiger partial charge in [0.2, 0.25) is 0 Å². The second kappa shape index (κ2) is 1.94. The third-order valence-corrected chi connectivity index (χ3v) is 1.95. The summed E-state index contributed by atoms with van der Waals surface area (Å²) in [4.78, 5) is 0. The number of rotatable bonds is 0. The van der Waals surface area contributed by atoms with Crippen LogP contribution in [0.5, 0.6) is 0 Å². The Morgan fingerprint density at radius 1 is 1.44 bits per heavy atom. The lowest BCUT2D eigenvalue weighted by Gasteiger charge is -2.05. The molecule has 3 nitrogen and oxygen atoms in total. The average molecular weight is 130 g/mol. The molecule has 0 aliphatic carbocycles. The van der Waals surface area contributed by atoms with Gasteiger partial charge in [-0.25, -0.2) is 0 Å². The normalized spacial score (nSPS) is 49.7. The molecule has 52 valence electrons. The number of ether oxygens (including phenoxy) is 2. The second-order valence-corrected chi connectivity index (χ2v) is 2.61. The number of hydrogen-bond acceptors (Lipinski definition) is 3. The van der Waals surface area contributed by atoms with Crippen molar-refractivity contribution in [2.75, 3.05) is 6.61 Å². The van der Waals surface area contributed by atoms with Gasteiger partial charge in [-0.2, -0.15) is 0 Å². The van der Waals surface area contributed by atoms with Gasteiger partial charge < -0.3 is 14.6 Å². The average Bonchev–Trinajstić information content (AvgIpc) is 2.22. The molecule has 0 aromatic carbocycles. The van der Waals surface area contributed by atoms with E-state index in [-0.39, 0.29) is 6.29 Å². The van der Waals surface area contributed by atoms with E-state index >= 15 is 0 Å². The molecule has 2 rings (SSSR count). The molecule has 0 radical (unpaired) electrons. The highest BCUT2D eigenvalue weighted by Gasteiger charge is 2.38. The lowest BCUT2D eigenvalue weighted by atomic mass is 10.1. The number of hydrogen-bond donors (Lipinski definition) is 1. The third-order valence-electron chi connectivity index (χ3n) is 1.95. The minimum absolute atomic E-state index is 0.0972. The van der Waals surface area contributed by atoms with Crippen LogP contribution in [0.2, 0.25) is 0 Å². The quantitative estimate of drug-likeness (QED) is 0.505. The Kier molecular flexibility index (Phi) is 1.22. The van der Waals surface area contributed by atoms with Crippen LogP contribution < -0.4 is 0 Å². The van der Waals surface area contributed by atoms with Crippen LogP contribution in [-0.4, -0.2) is 24.3 Å². The maximum Gasteiger partial charge on any atom is 0.163 e. The first-order valence-electron chi connectivity index (χ1n) is 3.31. The predicted molar refractivity (Wildman–Crippen MR) is 29.6 cm³/mol. The molecular formula is C6H10O3. The van der Waals surface area contributed by atoms with Gasteiger partial charge in [-0.15, -0.1) is 0 Å². The van der Waals surface area contributed by atoms with Crippen molar-refractivity contribution in [2.24, 2.45) is 5.92 Å². The minimum Gasteiger partial charge on any atom is -0.368 e. The summed E-state index contributed by atoms with van der Waals surface area (Å²) in [6.45, 7) is 0.794. The highest BCUT2D eigenvalue weighted by molar-refractivity contribution is 4.76. The van der Waals surface area contributed by atoms with Gasteiger partial charge in [0, 0.05) is 12.3 Å². The maximum absolute atomic E-state index is 8.93. The molecule has 1 N–H and O–H groups in total. The van der Waals surface area contributed by atoms with Gasteiger partial charge >= 0.3 is 0 Å². The van der Waals surface area contributed by atoms with Crippen LogP contribution in [0.3, 0.4) is 0 Å². The fourth-order valence-electron chi connectivity index (χ4n) is 1.46. The molecule has 0 bridgehead atoms.